The van der Waals surface area contributed by atoms with Crippen LogP contribution in [0.1, 0.15) is 43.2 Å². The van der Waals surface area contributed by atoms with Gasteiger partial charge in [-0.3, -0.25) is 9.79 Å². The first-order chi connectivity index (χ1) is 20.9. The molecule has 0 saturated carbocycles. The van der Waals surface area contributed by atoms with Crippen LogP contribution >= 0.6 is 11.6 Å². The van der Waals surface area contributed by atoms with Crippen LogP contribution in [-0.4, -0.2) is 46.1 Å². The first-order valence-electron chi connectivity index (χ1n) is 14.7. The van der Waals surface area contributed by atoms with Crippen molar-refractivity contribution in [3.05, 3.63) is 76.7 Å². The van der Waals surface area contributed by atoms with E-state index >= 15 is 0 Å². The SMILES string of the molecule is Cc1ccccc1NC(=O)N1CCC(CC(=O)Nc2ccc3cc2CCC2C=NC=C(C2)Nc2ncc(Cl)c(n2)N3)CC1. The van der Waals surface area contributed by atoms with E-state index in [0.717, 1.165) is 66.0 Å². The molecule has 3 aromatic rings. The number of allylic oxidation sites excluding steroid dienone is 1. The number of carbonyl (C=O) groups is 2. The van der Waals surface area contributed by atoms with Crippen LogP contribution in [-0.2, 0) is 11.2 Å². The third-order valence-corrected chi connectivity index (χ3v) is 8.49. The normalized spacial score (nSPS) is 18.1. The van der Waals surface area contributed by atoms with Crippen LogP contribution in [0.4, 0.5) is 33.6 Å². The van der Waals surface area contributed by atoms with E-state index in [9.17, 15) is 9.59 Å². The Bertz CT molecular complexity index is 1580. The fourth-order valence-electron chi connectivity index (χ4n) is 5.75. The highest BCUT2D eigenvalue weighted by Gasteiger charge is 2.25. The molecule has 4 heterocycles. The fraction of sp³-hybridized carbons (Fsp3) is 0.344. The number of aryl methyl sites for hydroxylation is 2. The lowest BCUT2D eigenvalue weighted by Gasteiger charge is -2.32. The number of likely N-dealkylation sites (tertiary alicyclic amines) is 1. The second-order valence-electron chi connectivity index (χ2n) is 11.4. The number of fused-ring (bicyclic) bond motifs is 6. The van der Waals surface area contributed by atoms with Gasteiger partial charge in [0, 0.05) is 60.6 Å². The minimum atomic E-state index is -0.0909. The van der Waals surface area contributed by atoms with Crippen LogP contribution < -0.4 is 21.3 Å². The third-order valence-electron chi connectivity index (χ3n) is 8.21. The molecule has 6 bridgehead atoms. The predicted molar refractivity (Wildman–Crippen MR) is 171 cm³/mol. The Balaban J connectivity index is 1.09. The number of halogens is 1. The third kappa shape index (κ3) is 7.14. The summed E-state index contributed by atoms with van der Waals surface area (Å²) in [5.41, 5.74) is 5.46. The number of nitrogens with one attached hydrogen (secondary N) is 4. The van der Waals surface area contributed by atoms with Crippen LogP contribution in [0, 0.1) is 18.8 Å². The number of rotatable bonds is 4. The average Bonchev–Trinajstić information content (AvgIpc) is 3.00. The van der Waals surface area contributed by atoms with E-state index in [2.05, 4.69) is 36.2 Å². The topological polar surface area (TPSA) is 124 Å². The minimum absolute atomic E-state index is 0.0141. The van der Waals surface area contributed by atoms with Gasteiger partial charge in [-0.05, 0) is 80.3 Å². The number of para-hydroxylation sites is 1. The van der Waals surface area contributed by atoms with E-state index in [1.54, 1.807) is 12.4 Å². The van der Waals surface area contributed by atoms with Crippen molar-refractivity contribution in [2.24, 2.45) is 16.8 Å². The standard InChI is InChI=1S/C32H35ClN8O2/c1-20-4-2-3-5-27(20)39-32(43)41-12-10-21(11-13-41)15-29(42)38-28-9-8-24-16-23(28)7-6-22-14-25(18-34-17-22)37-31-35-19-26(33)30(36-24)40-31/h2-5,8-9,16-19,21-22H,6-7,10-15H2,1H3,(H,38,42)(H,39,43)(H2,35,36,37,40). The molecule has 2 aromatic carbocycles. The molecule has 3 aliphatic heterocycles. The van der Waals surface area contributed by atoms with Gasteiger partial charge >= 0.3 is 6.03 Å². The van der Waals surface area contributed by atoms with E-state index < -0.39 is 0 Å². The van der Waals surface area contributed by atoms with Gasteiger partial charge in [-0.25, -0.2) is 9.78 Å². The second-order valence-corrected chi connectivity index (χ2v) is 11.8. The number of amides is 3. The Hall–Kier alpha value is -4.44. The monoisotopic (exact) mass is 598 g/mol. The number of urea groups is 1. The highest BCUT2D eigenvalue weighted by molar-refractivity contribution is 6.32. The summed E-state index contributed by atoms with van der Waals surface area (Å²) in [6.07, 6.45) is 9.77. The number of hydrogen-bond donors (Lipinski definition) is 4. The maximum absolute atomic E-state index is 13.2. The van der Waals surface area contributed by atoms with Crippen molar-refractivity contribution < 1.29 is 9.59 Å². The minimum Gasteiger partial charge on any atom is -0.339 e. The number of anilines is 5. The van der Waals surface area contributed by atoms with Gasteiger partial charge in [0.05, 0.1) is 6.20 Å². The van der Waals surface area contributed by atoms with Gasteiger partial charge in [0.25, 0.3) is 0 Å². The van der Waals surface area contributed by atoms with E-state index in [4.69, 9.17) is 11.6 Å². The molecule has 0 radical (unpaired) electrons. The maximum Gasteiger partial charge on any atom is 0.321 e. The molecule has 1 unspecified atom stereocenters. The number of carbonyl (C=O) groups excluding carboxylic acids is 2. The van der Waals surface area contributed by atoms with E-state index in [1.807, 2.05) is 60.5 Å². The number of aliphatic imine (C=N–C) groups is 1. The molecule has 1 atom stereocenters. The quantitative estimate of drug-likeness (QED) is 0.263. The van der Waals surface area contributed by atoms with Crippen LogP contribution in [0.15, 0.2) is 65.6 Å². The molecule has 0 spiro atoms. The van der Waals surface area contributed by atoms with Crippen molar-refractivity contribution in [1.82, 2.24) is 14.9 Å². The van der Waals surface area contributed by atoms with Gasteiger partial charge in [0.2, 0.25) is 11.9 Å². The highest BCUT2D eigenvalue weighted by atomic mass is 35.5. The Labute approximate surface area is 256 Å². The van der Waals surface area contributed by atoms with Crippen LogP contribution in [0.2, 0.25) is 5.02 Å². The highest BCUT2D eigenvalue weighted by Crippen LogP contribution is 2.31. The molecule has 222 valence electrons. The van der Waals surface area contributed by atoms with Crippen molar-refractivity contribution in [2.75, 3.05) is 34.4 Å². The Morgan fingerprint density at radius 1 is 1.05 bits per heavy atom. The molecule has 3 amide bonds. The summed E-state index contributed by atoms with van der Waals surface area (Å²) in [6, 6.07) is 13.6. The summed E-state index contributed by atoms with van der Waals surface area (Å²) >= 11 is 6.40. The van der Waals surface area contributed by atoms with E-state index in [1.165, 1.54) is 0 Å². The molecule has 3 aliphatic rings. The number of nitrogens with zero attached hydrogens (tertiary/aromatic N) is 4. The second kappa shape index (κ2) is 12.8. The molecule has 1 aromatic heterocycles. The van der Waals surface area contributed by atoms with Gasteiger partial charge in [-0.2, -0.15) is 4.98 Å². The molecule has 1 saturated heterocycles. The number of benzene rings is 2. The maximum atomic E-state index is 13.2. The molecule has 43 heavy (non-hydrogen) atoms. The zero-order chi connectivity index (χ0) is 29.8. The Kier molecular flexibility index (Phi) is 8.55. The molecule has 0 aliphatic carbocycles. The Morgan fingerprint density at radius 3 is 2.72 bits per heavy atom. The van der Waals surface area contributed by atoms with Crippen molar-refractivity contribution in [3.63, 3.8) is 0 Å². The number of hydrogen-bond acceptors (Lipinski definition) is 7. The largest absolute Gasteiger partial charge is 0.339 e. The van der Waals surface area contributed by atoms with Gasteiger partial charge in [0.15, 0.2) is 5.82 Å². The molecule has 4 N–H and O–H groups in total. The Morgan fingerprint density at radius 2 is 1.88 bits per heavy atom. The molecule has 6 rings (SSSR count). The van der Waals surface area contributed by atoms with E-state index in [-0.39, 0.29) is 23.8 Å². The van der Waals surface area contributed by atoms with Gasteiger partial charge in [-0.15, -0.1) is 0 Å². The van der Waals surface area contributed by atoms with Crippen LogP contribution in [0.25, 0.3) is 0 Å². The van der Waals surface area contributed by atoms with Crippen molar-refractivity contribution in [1.29, 1.82) is 0 Å². The van der Waals surface area contributed by atoms with E-state index in [0.29, 0.717) is 36.3 Å². The first-order valence-corrected chi connectivity index (χ1v) is 15.1. The fourth-order valence-corrected chi connectivity index (χ4v) is 5.89. The summed E-state index contributed by atoms with van der Waals surface area (Å²) in [4.78, 5) is 41.1. The first kappa shape index (κ1) is 28.7. The molecular weight excluding hydrogens is 564 g/mol. The van der Waals surface area contributed by atoms with Gasteiger partial charge < -0.3 is 26.2 Å². The summed E-state index contributed by atoms with van der Waals surface area (Å²) in [5.74, 6) is 1.40. The van der Waals surface area contributed by atoms with Gasteiger partial charge in [0.1, 0.15) is 5.02 Å². The van der Waals surface area contributed by atoms with Crippen molar-refractivity contribution in [2.45, 2.75) is 45.4 Å². The number of piperidine rings is 1. The summed E-state index contributed by atoms with van der Waals surface area (Å²) < 4.78 is 0. The summed E-state index contributed by atoms with van der Waals surface area (Å²) in [7, 11) is 0. The van der Waals surface area contributed by atoms with Crippen LogP contribution in [0.3, 0.4) is 0 Å². The lowest BCUT2D eigenvalue weighted by atomic mass is 9.92. The molecule has 1 fully saturated rings. The van der Waals surface area contributed by atoms with Gasteiger partial charge in [-0.1, -0.05) is 29.8 Å². The zero-order valence-electron chi connectivity index (χ0n) is 24.1. The van der Waals surface area contributed by atoms with Crippen molar-refractivity contribution >= 4 is 58.6 Å². The molecular formula is C32H35ClN8O2. The average molecular weight is 599 g/mol. The number of aromatic nitrogens is 2. The molecule has 10 nitrogen and oxygen atoms in total. The zero-order valence-corrected chi connectivity index (χ0v) is 24.8. The summed E-state index contributed by atoms with van der Waals surface area (Å²) in [6.45, 7) is 3.23. The summed E-state index contributed by atoms with van der Waals surface area (Å²) in [5, 5.41) is 13.2. The predicted octanol–water partition coefficient (Wildman–Crippen LogP) is 6.74. The lowest BCUT2D eigenvalue weighted by Crippen LogP contribution is -2.41. The van der Waals surface area contributed by atoms with Crippen molar-refractivity contribution in [3.8, 4) is 0 Å². The smallest absolute Gasteiger partial charge is 0.321 e. The van der Waals surface area contributed by atoms with Crippen LogP contribution in [0.5, 0.6) is 0 Å². The lowest BCUT2D eigenvalue weighted by molar-refractivity contribution is -0.117. The molecule has 11 heteroatoms.